The number of rotatable bonds is 5. The maximum atomic E-state index is 14.2. The maximum Gasteiger partial charge on any atom is 0.234 e. The lowest BCUT2D eigenvalue weighted by Crippen LogP contribution is -2.61. The number of nitrogens with zero attached hydrogens (tertiary/aromatic N) is 1. The number of hydrogen-bond acceptors (Lipinski definition) is 8. The number of nitrogens with two attached hydrogens (primary N) is 3. The quantitative estimate of drug-likeness (QED) is 0.341. The minimum absolute atomic E-state index is 0.0645. The first kappa shape index (κ1) is 27.8. The van der Waals surface area contributed by atoms with E-state index in [0.717, 1.165) is 53.3 Å². The zero-order valence-electron chi connectivity index (χ0n) is 23.6. The highest BCUT2D eigenvalue weighted by Gasteiger charge is 2.57. The maximum absolute atomic E-state index is 14.2. The molecule has 3 aliphatic rings. The Morgan fingerprint density at radius 3 is 2.59 bits per heavy atom. The monoisotopic (exact) mass is 571 g/mol. The number of carbonyl (C=O) groups is 2. The number of likely N-dealkylation sites (tertiary alicyclic amines) is 1. The third-order valence-electron chi connectivity index (χ3n) is 8.71. The molecular formula is C32H37N5O3S. The summed E-state index contributed by atoms with van der Waals surface area (Å²) < 4.78 is 6.09. The predicted octanol–water partition coefficient (Wildman–Crippen LogP) is 3.56. The number of likely N-dealkylation sites (N-methyl/N-ethyl adjacent to an activating group) is 1. The van der Waals surface area contributed by atoms with Gasteiger partial charge in [0.25, 0.3) is 0 Å². The van der Waals surface area contributed by atoms with E-state index in [2.05, 4.69) is 17.3 Å². The molecule has 3 aromatic carbocycles. The summed E-state index contributed by atoms with van der Waals surface area (Å²) in [4.78, 5) is 30.9. The van der Waals surface area contributed by atoms with Crippen LogP contribution in [-0.2, 0) is 15.1 Å². The Morgan fingerprint density at radius 2 is 1.85 bits per heavy atom. The summed E-state index contributed by atoms with van der Waals surface area (Å²) in [6.07, 6.45) is 1.96. The molecule has 8 nitrogen and oxygen atoms in total. The fourth-order valence-electron chi connectivity index (χ4n) is 6.72. The number of amides is 1. The van der Waals surface area contributed by atoms with Crippen molar-refractivity contribution in [1.29, 1.82) is 0 Å². The highest BCUT2D eigenvalue weighted by Crippen LogP contribution is 2.56. The molecule has 1 saturated heterocycles. The second-order valence-corrected chi connectivity index (χ2v) is 12.9. The van der Waals surface area contributed by atoms with E-state index in [0.29, 0.717) is 22.6 Å². The largest absolute Gasteiger partial charge is 0.457 e. The molecule has 0 radical (unpaired) electrons. The van der Waals surface area contributed by atoms with Crippen LogP contribution in [0.4, 0.5) is 5.69 Å². The van der Waals surface area contributed by atoms with Gasteiger partial charge in [0.2, 0.25) is 5.91 Å². The lowest BCUT2D eigenvalue weighted by molar-refractivity contribution is -0.126. The number of benzene rings is 3. The molecule has 5 atom stereocenters. The van der Waals surface area contributed by atoms with Crippen molar-refractivity contribution in [2.75, 3.05) is 25.9 Å². The van der Waals surface area contributed by atoms with Gasteiger partial charge in [0, 0.05) is 29.1 Å². The first-order chi connectivity index (χ1) is 19.6. The number of ketones is 1. The molecule has 214 valence electrons. The molecule has 2 aliphatic heterocycles. The van der Waals surface area contributed by atoms with Crippen LogP contribution >= 0.6 is 11.8 Å². The Hall–Kier alpha value is -3.37. The lowest BCUT2D eigenvalue weighted by atomic mass is 9.64. The van der Waals surface area contributed by atoms with Gasteiger partial charge in [-0.25, -0.2) is 0 Å². The number of nitrogens with one attached hydrogen (secondary N) is 1. The van der Waals surface area contributed by atoms with Crippen molar-refractivity contribution >= 4 is 29.1 Å². The van der Waals surface area contributed by atoms with E-state index >= 15 is 0 Å². The molecule has 0 aromatic heterocycles. The topological polar surface area (TPSA) is 137 Å². The van der Waals surface area contributed by atoms with E-state index in [9.17, 15) is 9.59 Å². The Labute approximate surface area is 245 Å². The molecule has 3 aromatic rings. The van der Waals surface area contributed by atoms with Crippen LogP contribution in [0.5, 0.6) is 11.5 Å². The van der Waals surface area contributed by atoms with Gasteiger partial charge in [-0.05, 0) is 98.4 Å². The van der Waals surface area contributed by atoms with Gasteiger partial charge in [-0.3, -0.25) is 9.59 Å². The number of anilines is 1. The number of hydrogen-bond donors (Lipinski definition) is 4. The SMILES string of the molecule is Cc1cccc(Oc2ccc(C3(N)C(=O)C(N)C4c5c3ccc(N)c5SC4C(=O)NC3CCCN(C)C3)c(C)c2)c1. The Kier molecular flexibility index (Phi) is 7.10. The van der Waals surface area contributed by atoms with Crippen LogP contribution in [0.25, 0.3) is 0 Å². The third kappa shape index (κ3) is 4.70. The van der Waals surface area contributed by atoms with Crippen LogP contribution in [0, 0.1) is 13.8 Å². The van der Waals surface area contributed by atoms with E-state index in [-0.39, 0.29) is 17.7 Å². The second-order valence-electron chi connectivity index (χ2n) is 11.7. The number of thioether (sulfide) groups is 1. The minimum Gasteiger partial charge on any atom is -0.457 e. The van der Waals surface area contributed by atoms with Gasteiger partial charge >= 0.3 is 0 Å². The van der Waals surface area contributed by atoms with Gasteiger partial charge in [-0.15, -0.1) is 11.8 Å². The van der Waals surface area contributed by atoms with Gasteiger partial charge in [-0.2, -0.15) is 0 Å². The van der Waals surface area contributed by atoms with Gasteiger partial charge < -0.3 is 32.2 Å². The molecule has 0 saturated carbocycles. The van der Waals surface area contributed by atoms with E-state index in [1.165, 1.54) is 11.8 Å². The van der Waals surface area contributed by atoms with Crippen LogP contribution < -0.4 is 27.3 Å². The first-order valence-electron chi connectivity index (χ1n) is 14.1. The van der Waals surface area contributed by atoms with Gasteiger partial charge in [0.1, 0.15) is 17.0 Å². The smallest absolute Gasteiger partial charge is 0.234 e. The molecule has 1 fully saturated rings. The van der Waals surface area contributed by atoms with Crippen molar-refractivity contribution in [3.63, 3.8) is 0 Å². The van der Waals surface area contributed by atoms with Crippen molar-refractivity contribution < 1.29 is 14.3 Å². The van der Waals surface area contributed by atoms with Crippen LogP contribution in [0.1, 0.15) is 46.6 Å². The first-order valence-corrected chi connectivity index (χ1v) is 15.0. The molecule has 0 bridgehead atoms. The number of Topliss-reactive ketones (excluding diaryl/α,β-unsaturated/α-hetero) is 1. The molecule has 1 amide bonds. The highest BCUT2D eigenvalue weighted by atomic mass is 32.2. The third-order valence-corrected chi connectivity index (χ3v) is 10.2. The molecule has 1 aliphatic carbocycles. The summed E-state index contributed by atoms with van der Waals surface area (Å²) in [5.74, 6) is 0.454. The number of piperidine rings is 1. The predicted molar refractivity (Wildman–Crippen MR) is 162 cm³/mol. The van der Waals surface area contributed by atoms with E-state index in [1.54, 1.807) is 6.07 Å². The van der Waals surface area contributed by atoms with Crippen molar-refractivity contribution in [2.45, 2.75) is 60.4 Å². The Balaban J connectivity index is 1.35. The van der Waals surface area contributed by atoms with Crippen LogP contribution in [0.2, 0.25) is 0 Å². The van der Waals surface area contributed by atoms with E-state index < -0.39 is 22.7 Å². The number of nitrogen functional groups attached to an aromatic ring is 1. The fourth-order valence-corrected chi connectivity index (χ4v) is 8.18. The summed E-state index contributed by atoms with van der Waals surface area (Å²) in [5, 5.41) is 2.67. The van der Waals surface area contributed by atoms with E-state index in [4.69, 9.17) is 21.9 Å². The average Bonchev–Trinajstić information content (AvgIpc) is 3.33. The molecule has 7 N–H and O–H groups in total. The summed E-state index contributed by atoms with van der Waals surface area (Å²) >= 11 is 1.40. The summed E-state index contributed by atoms with van der Waals surface area (Å²) in [6.45, 7) is 5.75. The van der Waals surface area contributed by atoms with Crippen molar-refractivity contribution in [2.24, 2.45) is 11.5 Å². The van der Waals surface area contributed by atoms with Crippen LogP contribution in [0.15, 0.2) is 59.5 Å². The standard InChI is InChI=1S/C32H37N5O3S/c1-17-6-4-8-20(14-17)40-21-9-10-22(18(2)15-21)32(35)23-11-12-24(33)28-25(23)26(27(34)30(32)38)29(41-28)31(39)36-19-7-5-13-37(3)16-19/h4,6,8-12,14-15,19,26-27,29H,5,7,13,16,33-35H2,1-3H3,(H,36,39). The van der Waals surface area contributed by atoms with Crippen LogP contribution in [0.3, 0.4) is 0 Å². The molecular weight excluding hydrogens is 534 g/mol. The number of aryl methyl sites for hydroxylation is 2. The Morgan fingerprint density at radius 1 is 1.10 bits per heavy atom. The second kappa shape index (κ2) is 10.5. The van der Waals surface area contributed by atoms with Crippen LogP contribution in [-0.4, -0.2) is 54.1 Å². The molecule has 9 heteroatoms. The molecule has 6 rings (SSSR count). The molecule has 41 heavy (non-hydrogen) atoms. The van der Waals surface area contributed by atoms with Gasteiger partial charge in [0.05, 0.1) is 11.3 Å². The van der Waals surface area contributed by atoms with Crippen molar-refractivity contribution in [3.8, 4) is 11.5 Å². The number of carbonyl (C=O) groups excluding carboxylic acids is 2. The average molecular weight is 572 g/mol. The van der Waals surface area contributed by atoms with Crippen molar-refractivity contribution in [1.82, 2.24) is 10.2 Å². The lowest BCUT2D eigenvalue weighted by Gasteiger charge is -2.42. The molecule has 2 heterocycles. The van der Waals surface area contributed by atoms with Crippen molar-refractivity contribution in [3.05, 3.63) is 82.4 Å². The fraction of sp³-hybridized carbons (Fsp3) is 0.375. The zero-order valence-corrected chi connectivity index (χ0v) is 24.5. The number of ether oxygens (including phenoxy) is 1. The summed E-state index contributed by atoms with van der Waals surface area (Å²) in [6, 6.07) is 16.1. The summed E-state index contributed by atoms with van der Waals surface area (Å²) in [7, 11) is 2.06. The summed E-state index contributed by atoms with van der Waals surface area (Å²) in [5.41, 5.74) is 23.4. The normalized spacial score (nSPS) is 27.4. The van der Waals surface area contributed by atoms with Gasteiger partial charge in [0.15, 0.2) is 5.78 Å². The van der Waals surface area contributed by atoms with Gasteiger partial charge in [-0.1, -0.05) is 24.3 Å². The minimum atomic E-state index is -1.49. The Bertz CT molecular complexity index is 1540. The highest BCUT2D eigenvalue weighted by molar-refractivity contribution is 8.01. The molecule has 5 unspecified atom stereocenters. The van der Waals surface area contributed by atoms with E-state index in [1.807, 2.05) is 62.4 Å². The zero-order chi connectivity index (χ0) is 29.1. The molecule has 0 spiro atoms.